The molecule has 0 saturated carbocycles. The van der Waals surface area contributed by atoms with Crippen LogP contribution >= 0.6 is 0 Å². The molecule has 0 spiro atoms. The summed E-state index contributed by atoms with van der Waals surface area (Å²) in [4.78, 5) is 0. The molecule has 66 valence electrons. The van der Waals surface area contributed by atoms with Crippen LogP contribution in [0.5, 0.6) is 0 Å². The summed E-state index contributed by atoms with van der Waals surface area (Å²) in [6.07, 6.45) is 0. The van der Waals surface area contributed by atoms with E-state index in [-0.39, 0.29) is 21.1 Å². The largest absolute Gasteiger partial charge is 0.196 e. The molecular formula is C10H15Pt-. The van der Waals surface area contributed by atoms with Crippen LogP contribution in [-0.4, -0.2) is 0 Å². The first-order valence-electron chi connectivity index (χ1n) is 3.75. The smallest absolute Gasteiger partial charge is 0 e. The standard InChI is InChI=1S/C10H15.Pt/c1-6-7(2)9(4)10(5)8(6)3;/h1-5H3;/q-1;. The van der Waals surface area contributed by atoms with Gasteiger partial charge in [-0.2, -0.15) is 27.8 Å². The SMILES string of the molecule is Cc1c(C)c(C)[c-](C)c1C.[Pt]. The van der Waals surface area contributed by atoms with Gasteiger partial charge >= 0.3 is 0 Å². The van der Waals surface area contributed by atoms with Crippen LogP contribution in [-0.2, 0) is 21.1 Å². The monoisotopic (exact) mass is 330 g/mol. The van der Waals surface area contributed by atoms with Gasteiger partial charge in [-0.3, -0.25) is 0 Å². The fourth-order valence-electron chi connectivity index (χ4n) is 1.41. The summed E-state index contributed by atoms with van der Waals surface area (Å²) in [6.45, 7) is 11.0. The fraction of sp³-hybridized carbons (Fsp3) is 0.500. The number of hydrogen-bond donors (Lipinski definition) is 0. The van der Waals surface area contributed by atoms with E-state index in [0.29, 0.717) is 0 Å². The molecular weight excluding hydrogens is 315 g/mol. The molecule has 0 aliphatic carbocycles. The van der Waals surface area contributed by atoms with Crippen LogP contribution in [0.4, 0.5) is 0 Å². The molecule has 1 heteroatoms. The van der Waals surface area contributed by atoms with Crippen LogP contribution in [0.15, 0.2) is 0 Å². The van der Waals surface area contributed by atoms with Crippen LogP contribution in [0.1, 0.15) is 27.8 Å². The average Bonchev–Trinajstić information content (AvgIpc) is 2.07. The zero-order valence-corrected chi connectivity index (χ0v) is 10.1. The third kappa shape index (κ3) is 1.62. The molecule has 0 aromatic heterocycles. The van der Waals surface area contributed by atoms with E-state index in [4.69, 9.17) is 0 Å². The van der Waals surface area contributed by atoms with E-state index in [1.807, 2.05) is 0 Å². The quantitative estimate of drug-likeness (QED) is 0.642. The molecule has 1 aromatic carbocycles. The van der Waals surface area contributed by atoms with Crippen molar-refractivity contribution in [3.63, 3.8) is 0 Å². The Kier molecular flexibility index (Phi) is 3.64. The van der Waals surface area contributed by atoms with Crippen molar-refractivity contribution in [2.75, 3.05) is 0 Å². The Morgan fingerprint density at radius 2 is 1.09 bits per heavy atom. The predicted molar refractivity (Wildman–Crippen MR) is 45.7 cm³/mol. The Bertz CT molecular complexity index is 176. The summed E-state index contributed by atoms with van der Waals surface area (Å²) >= 11 is 0. The molecule has 1 aromatic rings. The normalized spacial score (nSPS) is 9.55. The Hall–Kier alpha value is 0.0383. The fourth-order valence-corrected chi connectivity index (χ4v) is 1.41. The molecule has 0 saturated heterocycles. The first kappa shape index (κ1) is 11.0. The topological polar surface area (TPSA) is 0 Å². The minimum Gasteiger partial charge on any atom is -0.196 e. The van der Waals surface area contributed by atoms with Crippen molar-refractivity contribution in [1.82, 2.24) is 0 Å². The van der Waals surface area contributed by atoms with Crippen molar-refractivity contribution in [1.29, 1.82) is 0 Å². The van der Waals surface area contributed by atoms with E-state index in [0.717, 1.165) is 0 Å². The minimum absolute atomic E-state index is 0. The van der Waals surface area contributed by atoms with Crippen molar-refractivity contribution >= 4 is 0 Å². The molecule has 0 amide bonds. The van der Waals surface area contributed by atoms with E-state index in [1.54, 1.807) is 0 Å². The van der Waals surface area contributed by atoms with Gasteiger partial charge in [0.2, 0.25) is 0 Å². The van der Waals surface area contributed by atoms with Gasteiger partial charge in [-0.25, -0.2) is 0 Å². The third-order valence-corrected chi connectivity index (χ3v) is 2.81. The van der Waals surface area contributed by atoms with Gasteiger partial charge in [0.1, 0.15) is 0 Å². The Labute approximate surface area is 83.6 Å². The molecule has 11 heavy (non-hydrogen) atoms. The minimum atomic E-state index is 0. The molecule has 0 fully saturated rings. The summed E-state index contributed by atoms with van der Waals surface area (Å²) < 4.78 is 0. The molecule has 0 atom stereocenters. The molecule has 0 N–H and O–H groups in total. The first-order valence-corrected chi connectivity index (χ1v) is 3.75. The van der Waals surface area contributed by atoms with Crippen LogP contribution < -0.4 is 0 Å². The van der Waals surface area contributed by atoms with Gasteiger partial charge in [-0.1, -0.05) is 34.6 Å². The molecule has 0 heterocycles. The summed E-state index contributed by atoms with van der Waals surface area (Å²) in [7, 11) is 0. The van der Waals surface area contributed by atoms with Gasteiger partial charge in [-0.05, 0) is 0 Å². The summed E-state index contributed by atoms with van der Waals surface area (Å²) in [6, 6.07) is 0. The van der Waals surface area contributed by atoms with Gasteiger partial charge in [0.05, 0.1) is 0 Å². The van der Waals surface area contributed by atoms with Crippen molar-refractivity contribution in [2.45, 2.75) is 34.6 Å². The second-order valence-corrected chi connectivity index (χ2v) is 3.12. The Morgan fingerprint density at radius 1 is 0.818 bits per heavy atom. The van der Waals surface area contributed by atoms with E-state index in [2.05, 4.69) is 34.6 Å². The summed E-state index contributed by atoms with van der Waals surface area (Å²) in [5, 5.41) is 0. The molecule has 0 bridgehead atoms. The van der Waals surface area contributed by atoms with E-state index >= 15 is 0 Å². The zero-order chi connectivity index (χ0) is 7.89. The second-order valence-electron chi connectivity index (χ2n) is 3.12. The van der Waals surface area contributed by atoms with E-state index < -0.39 is 0 Å². The van der Waals surface area contributed by atoms with Crippen molar-refractivity contribution in [3.05, 3.63) is 27.8 Å². The predicted octanol–water partition coefficient (Wildman–Crippen LogP) is 2.95. The van der Waals surface area contributed by atoms with E-state index in [9.17, 15) is 0 Å². The van der Waals surface area contributed by atoms with Gasteiger partial charge in [0.15, 0.2) is 0 Å². The maximum atomic E-state index is 2.20. The maximum Gasteiger partial charge on any atom is 0 e. The second kappa shape index (κ2) is 3.63. The van der Waals surface area contributed by atoms with Crippen LogP contribution in [0.2, 0.25) is 0 Å². The number of hydrogen-bond acceptors (Lipinski definition) is 0. The molecule has 0 nitrogen and oxygen atoms in total. The van der Waals surface area contributed by atoms with Crippen molar-refractivity contribution in [2.24, 2.45) is 0 Å². The van der Waals surface area contributed by atoms with Crippen molar-refractivity contribution < 1.29 is 21.1 Å². The van der Waals surface area contributed by atoms with Crippen LogP contribution in [0, 0.1) is 34.6 Å². The zero-order valence-electron chi connectivity index (χ0n) is 7.82. The van der Waals surface area contributed by atoms with Crippen LogP contribution in [0.3, 0.4) is 0 Å². The Morgan fingerprint density at radius 3 is 1.18 bits per heavy atom. The van der Waals surface area contributed by atoms with Crippen molar-refractivity contribution in [3.8, 4) is 0 Å². The average molecular weight is 330 g/mol. The number of rotatable bonds is 0. The molecule has 0 aliphatic heterocycles. The maximum absolute atomic E-state index is 2.20. The molecule has 1 rings (SSSR count). The van der Waals surface area contributed by atoms with Crippen LogP contribution in [0.25, 0.3) is 0 Å². The Balaban J connectivity index is 0.000001000. The van der Waals surface area contributed by atoms with Gasteiger partial charge in [0, 0.05) is 21.1 Å². The molecule has 0 unspecified atom stereocenters. The van der Waals surface area contributed by atoms with Gasteiger partial charge in [-0.15, -0.1) is 0 Å². The summed E-state index contributed by atoms with van der Waals surface area (Å²) in [5.74, 6) is 0. The molecule has 0 radical (unpaired) electrons. The van der Waals surface area contributed by atoms with Gasteiger partial charge in [0.25, 0.3) is 0 Å². The first-order chi connectivity index (χ1) is 4.55. The third-order valence-electron chi connectivity index (χ3n) is 2.81. The molecule has 0 aliphatic rings. The summed E-state index contributed by atoms with van der Waals surface area (Å²) in [5.41, 5.74) is 7.34. The van der Waals surface area contributed by atoms with Gasteiger partial charge < -0.3 is 0 Å². The van der Waals surface area contributed by atoms with E-state index in [1.165, 1.54) is 27.8 Å².